The highest BCUT2D eigenvalue weighted by molar-refractivity contribution is 5.80. The van der Waals surface area contributed by atoms with Crippen molar-refractivity contribution in [1.82, 2.24) is 14.7 Å². The van der Waals surface area contributed by atoms with E-state index in [1.165, 1.54) is 5.56 Å². The highest BCUT2D eigenvalue weighted by Crippen LogP contribution is 2.52. The van der Waals surface area contributed by atoms with Crippen molar-refractivity contribution in [2.45, 2.75) is 76.2 Å². The molecule has 3 aliphatic rings. The second-order valence-corrected chi connectivity index (χ2v) is 11.9. The zero-order chi connectivity index (χ0) is 24.8. The van der Waals surface area contributed by atoms with E-state index < -0.39 is 11.8 Å². The Morgan fingerprint density at radius 2 is 1.79 bits per heavy atom. The van der Waals surface area contributed by atoms with E-state index in [1.807, 2.05) is 18.7 Å². The summed E-state index contributed by atoms with van der Waals surface area (Å²) in [6, 6.07) is 13.3. The number of carbonyl (C=O) groups is 1. The number of carbonyl (C=O) groups excluding carboxylic acids is 1. The molecule has 3 fully saturated rings. The van der Waals surface area contributed by atoms with Gasteiger partial charge in [-0.15, -0.1) is 0 Å². The lowest BCUT2D eigenvalue weighted by molar-refractivity contribution is -0.133. The van der Waals surface area contributed by atoms with Crippen molar-refractivity contribution < 1.29 is 9.90 Å². The fourth-order valence-corrected chi connectivity index (χ4v) is 6.52. The van der Waals surface area contributed by atoms with E-state index in [1.54, 1.807) is 0 Å². The van der Waals surface area contributed by atoms with Crippen molar-refractivity contribution in [2.75, 3.05) is 33.7 Å². The lowest BCUT2D eigenvalue weighted by Gasteiger charge is -2.53. The standard InChI is InChI=1S/C27H41N5O2/c1-24(2,22(29)33)18-31-20-26(32(23(31)34)19-25(17-28)11-8-12-25)13-15-27(16-14-26,30(3)4)21-9-6-5-7-10-21/h5-7,9-10,23,34H,8,11-16,18-20H2,1-4H3,(H2,29,33). The van der Waals surface area contributed by atoms with Gasteiger partial charge < -0.3 is 10.8 Å². The monoisotopic (exact) mass is 467 g/mol. The Bertz CT molecular complexity index is 926. The molecule has 4 rings (SSSR count). The van der Waals surface area contributed by atoms with Gasteiger partial charge in [-0.1, -0.05) is 36.8 Å². The van der Waals surface area contributed by atoms with E-state index in [0.29, 0.717) is 19.6 Å². The maximum atomic E-state index is 12.1. The summed E-state index contributed by atoms with van der Waals surface area (Å²) in [7, 11) is 4.32. The predicted octanol–water partition coefficient (Wildman–Crippen LogP) is 2.86. The number of nitrogens with zero attached hydrogens (tertiary/aromatic N) is 4. The van der Waals surface area contributed by atoms with Gasteiger partial charge in [0.15, 0.2) is 6.35 Å². The predicted molar refractivity (Wildman–Crippen MR) is 132 cm³/mol. The molecule has 1 spiro atoms. The van der Waals surface area contributed by atoms with Crippen LogP contribution in [0.5, 0.6) is 0 Å². The van der Waals surface area contributed by atoms with Crippen LogP contribution in [0.3, 0.4) is 0 Å². The molecule has 1 aromatic carbocycles. The zero-order valence-corrected chi connectivity index (χ0v) is 21.3. The summed E-state index contributed by atoms with van der Waals surface area (Å²) in [4.78, 5) is 18.6. The molecule has 7 nitrogen and oxygen atoms in total. The molecule has 1 atom stereocenters. The van der Waals surface area contributed by atoms with E-state index in [-0.39, 0.29) is 22.4 Å². The Kier molecular flexibility index (Phi) is 6.58. The highest BCUT2D eigenvalue weighted by atomic mass is 16.3. The first-order chi connectivity index (χ1) is 16.0. The smallest absolute Gasteiger partial charge is 0.224 e. The maximum absolute atomic E-state index is 12.1. The first-order valence-corrected chi connectivity index (χ1v) is 12.6. The molecular weight excluding hydrogens is 426 g/mol. The van der Waals surface area contributed by atoms with E-state index in [9.17, 15) is 15.2 Å². The summed E-state index contributed by atoms with van der Waals surface area (Å²) in [6.07, 6.45) is 5.83. The molecule has 1 amide bonds. The topological polar surface area (TPSA) is 96.8 Å². The molecule has 1 unspecified atom stereocenters. The van der Waals surface area contributed by atoms with Gasteiger partial charge in [-0.25, -0.2) is 0 Å². The third-order valence-electron chi connectivity index (χ3n) is 9.17. The Labute approximate surface area is 204 Å². The van der Waals surface area contributed by atoms with Crippen molar-refractivity contribution in [3.63, 3.8) is 0 Å². The van der Waals surface area contributed by atoms with Gasteiger partial charge in [0.05, 0.1) is 16.9 Å². The molecule has 1 aromatic rings. The van der Waals surface area contributed by atoms with Crippen LogP contribution in [0.4, 0.5) is 0 Å². The number of benzene rings is 1. The van der Waals surface area contributed by atoms with Gasteiger partial charge in [-0.05, 0) is 72.0 Å². The molecule has 0 aromatic heterocycles. The minimum Gasteiger partial charge on any atom is -0.369 e. The first kappa shape index (κ1) is 25.1. The van der Waals surface area contributed by atoms with Crippen LogP contribution in [0.1, 0.15) is 64.4 Å². The summed E-state index contributed by atoms with van der Waals surface area (Å²) < 4.78 is 0. The minimum atomic E-state index is -0.812. The fourth-order valence-electron chi connectivity index (χ4n) is 6.52. The van der Waals surface area contributed by atoms with Crippen LogP contribution in [0, 0.1) is 22.2 Å². The van der Waals surface area contributed by atoms with Crippen LogP contribution in [-0.2, 0) is 10.3 Å². The van der Waals surface area contributed by atoms with Crippen molar-refractivity contribution in [3.05, 3.63) is 35.9 Å². The Morgan fingerprint density at radius 3 is 2.26 bits per heavy atom. The van der Waals surface area contributed by atoms with Gasteiger partial charge in [-0.3, -0.25) is 19.5 Å². The minimum absolute atomic E-state index is 0.0492. The third kappa shape index (κ3) is 4.15. The summed E-state index contributed by atoms with van der Waals surface area (Å²) in [5, 5.41) is 21.5. The number of hydrogen-bond acceptors (Lipinski definition) is 6. The molecule has 1 aliphatic heterocycles. The molecule has 1 heterocycles. The van der Waals surface area contributed by atoms with Gasteiger partial charge in [-0.2, -0.15) is 5.26 Å². The summed E-state index contributed by atoms with van der Waals surface area (Å²) in [5.74, 6) is -0.362. The van der Waals surface area contributed by atoms with Gasteiger partial charge >= 0.3 is 0 Å². The summed E-state index contributed by atoms with van der Waals surface area (Å²) >= 11 is 0. The molecule has 2 aliphatic carbocycles. The lowest BCUT2D eigenvalue weighted by atomic mass is 9.66. The summed E-state index contributed by atoms with van der Waals surface area (Å²) in [6.45, 7) is 5.35. The molecular formula is C27H41N5O2. The van der Waals surface area contributed by atoms with E-state index in [0.717, 1.165) is 44.9 Å². The van der Waals surface area contributed by atoms with Gasteiger partial charge in [0, 0.05) is 30.7 Å². The molecule has 0 bridgehead atoms. The second kappa shape index (κ2) is 8.91. The van der Waals surface area contributed by atoms with Gasteiger partial charge in [0.25, 0.3) is 0 Å². The van der Waals surface area contributed by atoms with E-state index >= 15 is 0 Å². The molecule has 186 valence electrons. The number of nitriles is 1. The molecule has 34 heavy (non-hydrogen) atoms. The van der Waals surface area contributed by atoms with Crippen molar-refractivity contribution >= 4 is 5.91 Å². The van der Waals surface area contributed by atoms with E-state index in [2.05, 4.69) is 60.3 Å². The van der Waals surface area contributed by atoms with Crippen molar-refractivity contribution in [2.24, 2.45) is 16.6 Å². The average Bonchev–Trinajstić information content (AvgIpc) is 3.01. The second-order valence-electron chi connectivity index (χ2n) is 11.9. The van der Waals surface area contributed by atoms with Crippen LogP contribution < -0.4 is 5.73 Å². The van der Waals surface area contributed by atoms with Crippen molar-refractivity contribution in [3.8, 4) is 6.07 Å². The molecule has 2 saturated carbocycles. The molecule has 7 heteroatoms. The van der Waals surface area contributed by atoms with Crippen LogP contribution in [0.2, 0.25) is 0 Å². The Hall–Kier alpha value is -1.98. The van der Waals surface area contributed by atoms with Crippen LogP contribution in [-0.4, -0.2) is 71.3 Å². The third-order valence-corrected chi connectivity index (χ3v) is 9.17. The zero-order valence-electron chi connectivity index (χ0n) is 21.3. The SMILES string of the molecule is CN(C)C1(c2ccccc2)CCC2(CC1)CN(CC(C)(C)C(N)=O)C(O)N2CC1(C#N)CCC1. The average molecular weight is 468 g/mol. The highest BCUT2D eigenvalue weighted by Gasteiger charge is 2.57. The van der Waals surface area contributed by atoms with Crippen LogP contribution >= 0.6 is 0 Å². The molecule has 1 saturated heterocycles. The van der Waals surface area contributed by atoms with Crippen LogP contribution in [0.15, 0.2) is 30.3 Å². The number of aliphatic hydroxyl groups is 1. The number of aliphatic hydroxyl groups excluding tert-OH is 1. The summed E-state index contributed by atoms with van der Waals surface area (Å²) in [5.41, 5.74) is 5.62. The van der Waals surface area contributed by atoms with Crippen molar-refractivity contribution in [1.29, 1.82) is 5.26 Å². The number of primary amides is 1. The maximum Gasteiger partial charge on any atom is 0.224 e. The van der Waals surface area contributed by atoms with Gasteiger partial charge in [0.2, 0.25) is 5.91 Å². The normalized spacial score (nSPS) is 32.0. The number of rotatable bonds is 7. The fraction of sp³-hybridized carbons (Fsp3) is 0.704. The van der Waals surface area contributed by atoms with Crippen LogP contribution in [0.25, 0.3) is 0 Å². The molecule has 0 radical (unpaired) electrons. The lowest BCUT2D eigenvalue weighted by Crippen LogP contribution is -2.58. The number of nitrogens with two attached hydrogens (primary N) is 1. The number of hydrogen-bond donors (Lipinski definition) is 2. The van der Waals surface area contributed by atoms with E-state index in [4.69, 9.17) is 5.73 Å². The Morgan fingerprint density at radius 1 is 1.18 bits per heavy atom. The van der Waals surface area contributed by atoms with Gasteiger partial charge in [0.1, 0.15) is 0 Å². The Balaban J connectivity index is 1.63. The largest absolute Gasteiger partial charge is 0.369 e. The number of amides is 1. The first-order valence-electron chi connectivity index (χ1n) is 12.6. The molecule has 3 N–H and O–H groups in total. The quantitative estimate of drug-likeness (QED) is 0.640.